The molecule has 2 heteroatoms. The van der Waals surface area contributed by atoms with Crippen LogP contribution in [0.15, 0.2) is 12.2 Å². The van der Waals surface area contributed by atoms with Gasteiger partial charge >= 0.3 is 0 Å². The Balaban J connectivity index is 1.44. The number of piperidine rings is 1. The Kier molecular flexibility index (Phi) is 2.80. The first-order valence-corrected chi connectivity index (χ1v) is 6.58. The number of hydrogen-bond acceptors (Lipinski definition) is 2. The minimum Gasteiger partial charge on any atom is -0.255 e. The number of fused-ring (bicyclic) bond motifs is 2. The molecule has 1 heterocycles. The molecule has 1 N–H and O–H groups in total. The number of nitrogens with zero attached hydrogens (tertiary/aromatic N) is 1. The molecule has 2 bridgehead atoms. The van der Waals surface area contributed by atoms with Gasteiger partial charge in [0, 0.05) is 19.6 Å². The first-order valence-electron chi connectivity index (χ1n) is 6.58. The molecule has 15 heavy (non-hydrogen) atoms. The topological polar surface area (TPSA) is 15.3 Å². The van der Waals surface area contributed by atoms with Gasteiger partial charge in [-0.3, -0.25) is 5.43 Å². The molecule has 3 unspecified atom stereocenters. The van der Waals surface area contributed by atoms with E-state index in [0.29, 0.717) is 0 Å². The lowest BCUT2D eigenvalue weighted by atomic mass is 9.94. The van der Waals surface area contributed by atoms with Crippen molar-refractivity contribution >= 4 is 0 Å². The molecule has 3 rings (SSSR count). The van der Waals surface area contributed by atoms with Crippen LogP contribution in [0.2, 0.25) is 0 Å². The van der Waals surface area contributed by atoms with Crippen molar-refractivity contribution in [1.29, 1.82) is 0 Å². The smallest absolute Gasteiger partial charge is 0.0136 e. The van der Waals surface area contributed by atoms with Crippen LogP contribution >= 0.6 is 0 Å². The van der Waals surface area contributed by atoms with Gasteiger partial charge in [0.25, 0.3) is 0 Å². The lowest BCUT2D eigenvalue weighted by molar-refractivity contribution is 0.139. The number of hydrogen-bond donors (Lipinski definition) is 1. The van der Waals surface area contributed by atoms with E-state index in [1.807, 2.05) is 0 Å². The lowest BCUT2D eigenvalue weighted by Crippen LogP contribution is -2.44. The highest BCUT2D eigenvalue weighted by molar-refractivity contribution is 5.10. The Morgan fingerprint density at radius 3 is 2.60 bits per heavy atom. The van der Waals surface area contributed by atoms with Gasteiger partial charge in [-0.1, -0.05) is 18.6 Å². The van der Waals surface area contributed by atoms with E-state index in [1.54, 1.807) is 0 Å². The van der Waals surface area contributed by atoms with Crippen molar-refractivity contribution in [3.63, 3.8) is 0 Å². The molecule has 0 spiro atoms. The zero-order valence-corrected chi connectivity index (χ0v) is 9.49. The van der Waals surface area contributed by atoms with Gasteiger partial charge in [-0.15, -0.1) is 0 Å². The fourth-order valence-corrected chi connectivity index (χ4v) is 3.43. The van der Waals surface area contributed by atoms with Crippen LogP contribution in [0, 0.1) is 17.8 Å². The molecule has 3 atom stereocenters. The summed E-state index contributed by atoms with van der Waals surface area (Å²) in [5.74, 6) is 2.73. The second-order valence-corrected chi connectivity index (χ2v) is 5.45. The molecule has 1 aliphatic heterocycles. The standard InChI is InChI=1S/C13H22N2/c1-2-6-15(7-3-1)14-10-13-9-11-4-5-12(13)8-11/h4-5,11-14H,1-3,6-10H2. The molecule has 0 amide bonds. The van der Waals surface area contributed by atoms with Crippen LogP contribution in [0.1, 0.15) is 32.1 Å². The second-order valence-electron chi connectivity index (χ2n) is 5.45. The Hall–Kier alpha value is -0.340. The van der Waals surface area contributed by atoms with Crippen LogP contribution in [-0.4, -0.2) is 24.6 Å². The second kappa shape index (κ2) is 4.26. The maximum Gasteiger partial charge on any atom is 0.0136 e. The van der Waals surface area contributed by atoms with E-state index in [9.17, 15) is 0 Å². The summed E-state index contributed by atoms with van der Waals surface area (Å²) >= 11 is 0. The van der Waals surface area contributed by atoms with Crippen molar-refractivity contribution in [3.8, 4) is 0 Å². The van der Waals surface area contributed by atoms with Gasteiger partial charge in [0.1, 0.15) is 0 Å². The zero-order valence-electron chi connectivity index (χ0n) is 9.49. The predicted octanol–water partition coefficient (Wildman–Crippen LogP) is 2.19. The summed E-state index contributed by atoms with van der Waals surface area (Å²) in [7, 11) is 0. The van der Waals surface area contributed by atoms with Crippen molar-refractivity contribution < 1.29 is 0 Å². The average Bonchev–Trinajstić information content (AvgIpc) is 2.89. The van der Waals surface area contributed by atoms with E-state index in [4.69, 9.17) is 0 Å². The summed E-state index contributed by atoms with van der Waals surface area (Å²) in [5, 5.41) is 2.44. The Labute approximate surface area is 92.7 Å². The molecule has 0 aromatic carbocycles. The zero-order chi connectivity index (χ0) is 10.1. The van der Waals surface area contributed by atoms with Gasteiger partial charge in [0.2, 0.25) is 0 Å². The minimum absolute atomic E-state index is 0.896. The van der Waals surface area contributed by atoms with E-state index in [2.05, 4.69) is 22.6 Å². The maximum atomic E-state index is 3.65. The van der Waals surface area contributed by atoms with Gasteiger partial charge in [-0.25, -0.2) is 5.01 Å². The minimum atomic E-state index is 0.896. The predicted molar refractivity (Wildman–Crippen MR) is 62.3 cm³/mol. The van der Waals surface area contributed by atoms with Crippen LogP contribution in [0.25, 0.3) is 0 Å². The van der Waals surface area contributed by atoms with E-state index in [1.165, 1.54) is 51.7 Å². The average molecular weight is 206 g/mol. The normalized spacial score (nSPS) is 40.1. The van der Waals surface area contributed by atoms with Crippen molar-refractivity contribution in [2.45, 2.75) is 32.1 Å². The van der Waals surface area contributed by atoms with E-state index in [-0.39, 0.29) is 0 Å². The molecule has 2 aliphatic carbocycles. The molecule has 1 saturated heterocycles. The van der Waals surface area contributed by atoms with Crippen LogP contribution in [0.5, 0.6) is 0 Å². The molecule has 0 aromatic heterocycles. The summed E-state index contributed by atoms with van der Waals surface area (Å²) < 4.78 is 0. The third kappa shape index (κ3) is 2.11. The molecular weight excluding hydrogens is 184 g/mol. The summed E-state index contributed by atoms with van der Waals surface area (Å²) in [6.07, 6.45) is 11.9. The van der Waals surface area contributed by atoms with Crippen molar-refractivity contribution in [2.24, 2.45) is 17.8 Å². The van der Waals surface area contributed by atoms with Gasteiger partial charge in [-0.2, -0.15) is 0 Å². The maximum absolute atomic E-state index is 3.65. The molecule has 1 saturated carbocycles. The molecule has 0 aromatic rings. The monoisotopic (exact) mass is 206 g/mol. The molecule has 2 nitrogen and oxygen atoms in total. The van der Waals surface area contributed by atoms with Gasteiger partial charge in [0.05, 0.1) is 0 Å². The molecule has 84 valence electrons. The van der Waals surface area contributed by atoms with Crippen LogP contribution in [0.4, 0.5) is 0 Å². The number of rotatable bonds is 3. The first kappa shape index (κ1) is 9.86. The van der Waals surface area contributed by atoms with Crippen LogP contribution in [-0.2, 0) is 0 Å². The highest BCUT2D eigenvalue weighted by atomic mass is 15.5. The largest absolute Gasteiger partial charge is 0.255 e. The third-order valence-electron chi connectivity index (χ3n) is 4.35. The summed E-state index contributed by atoms with van der Waals surface area (Å²) in [6, 6.07) is 0. The lowest BCUT2D eigenvalue weighted by Gasteiger charge is -2.29. The number of nitrogens with one attached hydrogen (secondary N) is 1. The first-order chi connectivity index (χ1) is 7.42. The summed E-state index contributed by atoms with van der Waals surface area (Å²) in [4.78, 5) is 0. The fourth-order valence-electron chi connectivity index (χ4n) is 3.43. The summed E-state index contributed by atoms with van der Waals surface area (Å²) in [6.45, 7) is 3.73. The van der Waals surface area contributed by atoms with Crippen molar-refractivity contribution in [1.82, 2.24) is 10.4 Å². The highest BCUT2D eigenvalue weighted by Crippen LogP contribution is 2.42. The SMILES string of the molecule is C1=CC2CC1CC2CNN1CCCCC1. The van der Waals surface area contributed by atoms with Crippen molar-refractivity contribution in [2.75, 3.05) is 19.6 Å². The van der Waals surface area contributed by atoms with Gasteiger partial charge in [0.15, 0.2) is 0 Å². The van der Waals surface area contributed by atoms with E-state index >= 15 is 0 Å². The quantitative estimate of drug-likeness (QED) is 0.712. The van der Waals surface area contributed by atoms with Gasteiger partial charge in [-0.05, 0) is 43.4 Å². The van der Waals surface area contributed by atoms with Crippen LogP contribution in [0.3, 0.4) is 0 Å². The van der Waals surface area contributed by atoms with E-state index in [0.717, 1.165) is 17.8 Å². The van der Waals surface area contributed by atoms with Crippen LogP contribution < -0.4 is 5.43 Å². The Morgan fingerprint density at radius 1 is 1.07 bits per heavy atom. The fraction of sp³-hybridized carbons (Fsp3) is 0.846. The number of allylic oxidation sites excluding steroid dienone is 2. The third-order valence-corrected chi connectivity index (χ3v) is 4.35. The number of hydrazine groups is 1. The summed E-state index contributed by atoms with van der Waals surface area (Å²) in [5.41, 5.74) is 3.65. The molecular formula is C13H22N2. The van der Waals surface area contributed by atoms with Gasteiger partial charge < -0.3 is 0 Å². The van der Waals surface area contributed by atoms with E-state index < -0.39 is 0 Å². The molecule has 3 aliphatic rings. The van der Waals surface area contributed by atoms with Crippen molar-refractivity contribution in [3.05, 3.63) is 12.2 Å². The highest BCUT2D eigenvalue weighted by Gasteiger charge is 2.35. The Bertz CT molecular complexity index is 243. The molecule has 2 fully saturated rings. The Morgan fingerprint density at radius 2 is 1.93 bits per heavy atom. The molecule has 0 radical (unpaired) electrons.